The first-order valence-electron chi connectivity index (χ1n) is 8.09. The maximum atomic E-state index is 12.7. The van der Waals surface area contributed by atoms with E-state index in [2.05, 4.69) is 5.32 Å². The molecule has 0 radical (unpaired) electrons. The molecule has 24 heavy (non-hydrogen) atoms. The smallest absolute Gasteiger partial charge is 0.256 e. The first-order chi connectivity index (χ1) is 11.2. The third kappa shape index (κ3) is 4.06. The highest BCUT2D eigenvalue weighted by Crippen LogP contribution is 2.28. The summed E-state index contributed by atoms with van der Waals surface area (Å²) >= 11 is 0. The van der Waals surface area contributed by atoms with E-state index >= 15 is 0 Å². The summed E-state index contributed by atoms with van der Waals surface area (Å²) < 4.78 is 5.69. The van der Waals surface area contributed by atoms with Gasteiger partial charge in [0.2, 0.25) is 5.91 Å². The first-order valence-corrected chi connectivity index (χ1v) is 8.09. The van der Waals surface area contributed by atoms with Crippen molar-refractivity contribution in [2.24, 2.45) is 0 Å². The lowest BCUT2D eigenvalue weighted by Crippen LogP contribution is -2.50. The number of carbonyl (C=O) groups excluding carboxylic acids is 2. The molecule has 132 valence electrons. The van der Waals surface area contributed by atoms with Crippen LogP contribution in [0.5, 0.6) is 0 Å². The van der Waals surface area contributed by atoms with Gasteiger partial charge < -0.3 is 19.9 Å². The highest BCUT2D eigenvalue weighted by Gasteiger charge is 2.30. The Morgan fingerprint density at radius 2 is 2.00 bits per heavy atom. The van der Waals surface area contributed by atoms with Gasteiger partial charge >= 0.3 is 0 Å². The lowest BCUT2D eigenvalue weighted by molar-refractivity contribution is -0.148. The van der Waals surface area contributed by atoms with Gasteiger partial charge in [0.25, 0.3) is 5.91 Å². The zero-order valence-electron chi connectivity index (χ0n) is 13.9. The van der Waals surface area contributed by atoms with Crippen LogP contribution in [0.4, 0.5) is 0 Å². The summed E-state index contributed by atoms with van der Waals surface area (Å²) in [6.45, 7) is 3.64. The maximum Gasteiger partial charge on any atom is 0.256 e. The van der Waals surface area contributed by atoms with E-state index in [9.17, 15) is 9.59 Å². The minimum atomic E-state index is -0.597. The molecule has 0 aliphatic carbocycles. The monoisotopic (exact) mass is 353 g/mol. The minimum Gasteiger partial charge on any atom is -0.363 e. The van der Waals surface area contributed by atoms with E-state index in [0.717, 1.165) is 30.6 Å². The fourth-order valence-corrected chi connectivity index (χ4v) is 3.09. The van der Waals surface area contributed by atoms with E-state index in [1.165, 1.54) is 4.90 Å². The molecule has 0 saturated carbocycles. The normalized spacial score (nSPS) is 19.9. The third-order valence-electron chi connectivity index (χ3n) is 4.44. The van der Waals surface area contributed by atoms with E-state index in [-0.39, 0.29) is 30.8 Å². The molecule has 0 aromatic heterocycles. The number of rotatable bonds is 3. The third-order valence-corrected chi connectivity index (χ3v) is 4.44. The number of nitrogens with zero attached hydrogens (tertiary/aromatic N) is 2. The molecule has 0 spiro atoms. The van der Waals surface area contributed by atoms with Crippen molar-refractivity contribution >= 4 is 24.2 Å². The number of ether oxygens (including phenoxy) is 1. The van der Waals surface area contributed by atoms with E-state index in [1.54, 1.807) is 11.9 Å². The Labute approximate surface area is 148 Å². The van der Waals surface area contributed by atoms with Crippen molar-refractivity contribution in [1.29, 1.82) is 0 Å². The summed E-state index contributed by atoms with van der Waals surface area (Å²) in [5.74, 6) is -0.160. The van der Waals surface area contributed by atoms with Gasteiger partial charge in [-0.15, -0.1) is 12.4 Å². The van der Waals surface area contributed by atoms with E-state index in [1.807, 2.05) is 24.3 Å². The van der Waals surface area contributed by atoms with Gasteiger partial charge in [0.15, 0.2) is 6.10 Å². The lowest BCUT2D eigenvalue weighted by atomic mass is 9.97. The van der Waals surface area contributed by atoms with Crippen LogP contribution in [0.3, 0.4) is 0 Å². The Bertz CT molecular complexity index is 590. The van der Waals surface area contributed by atoms with Crippen molar-refractivity contribution in [1.82, 2.24) is 15.1 Å². The van der Waals surface area contributed by atoms with Gasteiger partial charge in [-0.05, 0) is 17.5 Å². The van der Waals surface area contributed by atoms with E-state index < -0.39 is 6.10 Å². The zero-order valence-corrected chi connectivity index (χ0v) is 14.7. The lowest BCUT2D eigenvalue weighted by Gasteiger charge is -2.31. The van der Waals surface area contributed by atoms with Crippen LogP contribution < -0.4 is 5.32 Å². The number of fused-ring (bicyclic) bond motifs is 1. The second-order valence-corrected chi connectivity index (χ2v) is 6.02. The number of hydrogen-bond acceptors (Lipinski definition) is 4. The molecular weight excluding hydrogens is 330 g/mol. The molecule has 3 rings (SSSR count). The molecule has 7 heteroatoms. The Hall–Kier alpha value is -1.63. The number of amides is 2. The number of piperazine rings is 1. The summed E-state index contributed by atoms with van der Waals surface area (Å²) in [6.07, 6.45) is 0.226. The number of hydrogen-bond donors (Lipinski definition) is 1. The van der Waals surface area contributed by atoms with Crippen LogP contribution in [0.1, 0.15) is 17.2 Å². The minimum absolute atomic E-state index is 0. The Morgan fingerprint density at radius 3 is 2.75 bits per heavy atom. The van der Waals surface area contributed by atoms with Gasteiger partial charge in [0.05, 0.1) is 13.2 Å². The number of nitrogens with one attached hydrogen (secondary N) is 1. The molecule has 0 bridgehead atoms. The van der Waals surface area contributed by atoms with Gasteiger partial charge in [0, 0.05) is 33.2 Å². The summed E-state index contributed by atoms with van der Waals surface area (Å²) in [4.78, 5) is 28.3. The van der Waals surface area contributed by atoms with Crippen LogP contribution >= 0.6 is 12.4 Å². The molecule has 1 atom stereocenters. The topological polar surface area (TPSA) is 61.9 Å². The molecule has 2 aliphatic rings. The van der Waals surface area contributed by atoms with Gasteiger partial charge in [-0.1, -0.05) is 24.3 Å². The van der Waals surface area contributed by atoms with Crippen LogP contribution in [0.25, 0.3) is 0 Å². The molecule has 1 fully saturated rings. The number of carbonyl (C=O) groups is 2. The Morgan fingerprint density at radius 1 is 1.29 bits per heavy atom. The average Bonchev–Trinajstić information content (AvgIpc) is 2.61. The van der Waals surface area contributed by atoms with Crippen molar-refractivity contribution < 1.29 is 14.3 Å². The molecule has 1 aromatic carbocycles. The summed E-state index contributed by atoms with van der Waals surface area (Å²) in [7, 11) is 1.67. The fourth-order valence-electron chi connectivity index (χ4n) is 3.09. The van der Waals surface area contributed by atoms with Crippen molar-refractivity contribution in [2.45, 2.75) is 12.5 Å². The summed E-state index contributed by atoms with van der Waals surface area (Å²) in [6, 6.07) is 7.86. The van der Waals surface area contributed by atoms with Crippen LogP contribution in [0.15, 0.2) is 24.3 Å². The van der Waals surface area contributed by atoms with Crippen LogP contribution in [0, 0.1) is 0 Å². The van der Waals surface area contributed by atoms with Crippen molar-refractivity contribution in [2.75, 3.05) is 46.4 Å². The Kier molecular flexibility index (Phi) is 6.60. The summed E-state index contributed by atoms with van der Waals surface area (Å²) in [5.41, 5.74) is 2.07. The van der Waals surface area contributed by atoms with Gasteiger partial charge in [-0.25, -0.2) is 0 Å². The van der Waals surface area contributed by atoms with E-state index in [4.69, 9.17) is 4.74 Å². The Balaban J connectivity index is 0.00000208. The molecule has 2 amide bonds. The fraction of sp³-hybridized carbons (Fsp3) is 0.529. The van der Waals surface area contributed by atoms with Crippen molar-refractivity contribution in [3.8, 4) is 0 Å². The predicted octanol–water partition coefficient (Wildman–Crippen LogP) is 0.612. The van der Waals surface area contributed by atoms with Crippen LogP contribution in [-0.2, 0) is 20.7 Å². The number of likely N-dealkylation sites (N-methyl/N-ethyl adjacent to an activating group) is 1. The highest BCUT2D eigenvalue weighted by molar-refractivity contribution is 5.88. The summed E-state index contributed by atoms with van der Waals surface area (Å²) in [5, 5.41) is 3.21. The second kappa shape index (κ2) is 8.46. The van der Waals surface area contributed by atoms with Gasteiger partial charge in [-0.3, -0.25) is 9.59 Å². The first kappa shape index (κ1) is 18.7. The highest BCUT2D eigenvalue weighted by atomic mass is 35.5. The predicted molar refractivity (Wildman–Crippen MR) is 93.2 cm³/mol. The largest absolute Gasteiger partial charge is 0.363 e. The van der Waals surface area contributed by atoms with Gasteiger partial charge in [-0.2, -0.15) is 0 Å². The SMILES string of the molecule is CN(CC(=O)N1CCNCC1)C(=O)C1OCCc2ccccc21.Cl. The quantitative estimate of drug-likeness (QED) is 0.865. The molecule has 2 heterocycles. The van der Waals surface area contributed by atoms with Crippen LogP contribution in [0.2, 0.25) is 0 Å². The van der Waals surface area contributed by atoms with E-state index in [0.29, 0.717) is 19.7 Å². The molecule has 1 saturated heterocycles. The number of halogens is 1. The van der Waals surface area contributed by atoms with Crippen molar-refractivity contribution in [3.63, 3.8) is 0 Å². The number of benzene rings is 1. The standard InChI is InChI=1S/C17H23N3O3.ClH/c1-19(12-15(21)20-9-7-18-8-10-20)17(22)16-14-5-3-2-4-13(14)6-11-23-16;/h2-5,16,18H,6-12H2,1H3;1H. The molecule has 2 aliphatic heterocycles. The maximum absolute atomic E-state index is 12.7. The zero-order chi connectivity index (χ0) is 16.2. The van der Waals surface area contributed by atoms with Gasteiger partial charge in [0.1, 0.15) is 0 Å². The molecule has 1 unspecified atom stereocenters. The molecular formula is C17H24ClN3O3. The molecule has 6 nitrogen and oxygen atoms in total. The van der Waals surface area contributed by atoms with Crippen molar-refractivity contribution in [3.05, 3.63) is 35.4 Å². The molecule has 1 N–H and O–H groups in total. The molecule has 1 aromatic rings. The second-order valence-electron chi connectivity index (χ2n) is 6.02. The van der Waals surface area contributed by atoms with Crippen LogP contribution in [-0.4, -0.2) is 68.0 Å². The average molecular weight is 354 g/mol.